The fraction of sp³-hybridized carbons (Fsp3) is 0.391. The maximum absolute atomic E-state index is 13.4. The average Bonchev–Trinajstić information content (AvgIpc) is 3.38. The summed E-state index contributed by atoms with van der Waals surface area (Å²) in [4.78, 5) is 29.8. The second-order valence-electron chi connectivity index (χ2n) is 7.41. The quantitative estimate of drug-likeness (QED) is 0.658. The van der Waals surface area contributed by atoms with Gasteiger partial charge in [-0.25, -0.2) is 4.79 Å². The second kappa shape index (κ2) is 8.28. The van der Waals surface area contributed by atoms with Crippen LogP contribution in [0.2, 0.25) is 0 Å². The molecule has 2 aromatic rings. The van der Waals surface area contributed by atoms with E-state index in [1.165, 1.54) is 9.75 Å². The van der Waals surface area contributed by atoms with E-state index in [1.54, 1.807) is 22.7 Å². The Hall–Kier alpha value is -2.18. The highest BCUT2D eigenvalue weighted by Gasteiger charge is 2.42. The van der Waals surface area contributed by atoms with E-state index in [-0.39, 0.29) is 23.6 Å². The van der Waals surface area contributed by atoms with Crippen LogP contribution in [0.1, 0.15) is 60.1 Å². The van der Waals surface area contributed by atoms with Crippen molar-refractivity contribution in [2.75, 3.05) is 6.61 Å². The molecule has 6 heteroatoms. The van der Waals surface area contributed by atoms with E-state index in [1.807, 2.05) is 19.9 Å². The number of ether oxygens (including phenoxy) is 1. The minimum absolute atomic E-state index is 0.128. The fourth-order valence-electron chi connectivity index (χ4n) is 4.27. The van der Waals surface area contributed by atoms with Gasteiger partial charge in [0.15, 0.2) is 5.78 Å². The molecular formula is C23H25NO3S2. The largest absolute Gasteiger partial charge is 0.463 e. The average molecular weight is 428 g/mol. The third-order valence-corrected chi connectivity index (χ3v) is 7.91. The van der Waals surface area contributed by atoms with Gasteiger partial charge in [0, 0.05) is 43.9 Å². The summed E-state index contributed by atoms with van der Waals surface area (Å²) in [5.74, 6) is -0.357. The normalized spacial score (nSPS) is 21.8. The van der Waals surface area contributed by atoms with Gasteiger partial charge in [-0.15, -0.1) is 22.7 Å². The third-order valence-electron chi connectivity index (χ3n) is 5.58. The predicted octanol–water partition coefficient (Wildman–Crippen LogP) is 5.30. The van der Waals surface area contributed by atoms with Crippen LogP contribution in [0, 0.1) is 0 Å². The van der Waals surface area contributed by atoms with Crippen molar-refractivity contribution in [3.63, 3.8) is 0 Å². The molecule has 1 aliphatic heterocycles. The lowest BCUT2D eigenvalue weighted by Crippen LogP contribution is -2.35. The molecule has 0 spiro atoms. The highest BCUT2D eigenvalue weighted by Crippen LogP contribution is 2.47. The molecule has 152 valence electrons. The first-order chi connectivity index (χ1) is 14.0. The van der Waals surface area contributed by atoms with Gasteiger partial charge in [0.05, 0.1) is 18.1 Å². The summed E-state index contributed by atoms with van der Waals surface area (Å²) in [6.07, 6.45) is 2.21. The molecule has 0 amide bonds. The van der Waals surface area contributed by atoms with Gasteiger partial charge in [-0.2, -0.15) is 0 Å². The number of allylic oxidation sites excluding steroid dienone is 3. The van der Waals surface area contributed by atoms with Crippen LogP contribution in [0.25, 0.3) is 0 Å². The predicted molar refractivity (Wildman–Crippen MR) is 117 cm³/mol. The maximum atomic E-state index is 13.4. The van der Waals surface area contributed by atoms with Gasteiger partial charge in [-0.3, -0.25) is 4.79 Å². The van der Waals surface area contributed by atoms with E-state index in [2.05, 4.69) is 35.8 Å². The van der Waals surface area contributed by atoms with Crippen LogP contribution in [0.4, 0.5) is 0 Å². The number of esters is 1. The Balaban J connectivity index is 1.79. The Labute approximate surface area is 179 Å². The Kier molecular flexibility index (Phi) is 5.74. The van der Waals surface area contributed by atoms with Gasteiger partial charge in [-0.05, 0) is 50.3 Å². The zero-order valence-electron chi connectivity index (χ0n) is 16.9. The number of carbonyl (C=O) groups is 2. The van der Waals surface area contributed by atoms with Gasteiger partial charge in [0.25, 0.3) is 0 Å². The van der Waals surface area contributed by atoms with Crippen molar-refractivity contribution in [2.45, 2.75) is 51.9 Å². The molecule has 2 aromatic heterocycles. The molecular weight excluding hydrogens is 402 g/mol. The summed E-state index contributed by atoms with van der Waals surface area (Å²) < 4.78 is 5.37. The Morgan fingerprint density at radius 2 is 2.03 bits per heavy atom. The van der Waals surface area contributed by atoms with Crippen LogP contribution < -0.4 is 5.32 Å². The molecule has 4 nitrogen and oxygen atoms in total. The Morgan fingerprint density at radius 3 is 2.69 bits per heavy atom. The van der Waals surface area contributed by atoms with Crippen LogP contribution in [-0.2, 0) is 20.7 Å². The molecule has 3 heterocycles. The van der Waals surface area contributed by atoms with Gasteiger partial charge in [0.2, 0.25) is 0 Å². The number of ketones is 1. The first-order valence-corrected chi connectivity index (χ1v) is 11.8. The molecule has 0 bridgehead atoms. The van der Waals surface area contributed by atoms with E-state index in [0.29, 0.717) is 18.6 Å². The SMILES string of the molecule is CCOC(=O)C1=C(C)NC2=C(C(=O)C[C@@H](c3cccs3)C2)[C@H]1c1ccc(CC)s1. The fourth-order valence-corrected chi connectivity index (χ4v) is 6.17. The number of nitrogens with one attached hydrogen (secondary N) is 1. The molecule has 0 radical (unpaired) electrons. The minimum atomic E-state index is -0.340. The number of hydrogen-bond donors (Lipinski definition) is 1. The van der Waals surface area contributed by atoms with Crippen LogP contribution in [0.15, 0.2) is 52.2 Å². The lowest BCUT2D eigenvalue weighted by molar-refractivity contribution is -0.138. The van der Waals surface area contributed by atoms with Crippen LogP contribution in [-0.4, -0.2) is 18.4 Å². The van der Waals surface area contributed by atoms with Gasteiger partial charge >= 0.3 is 5.97 Å². The maximum Gasteiger partial charge on any atom is 0.336 e. The van der Waals surface area contributed by atoms with Crippen molar-refractivity contribution in [1.29, 1.82) is 0 Å². The monoisotopic (exact) mass is 427 g/mol. The van der Waals surface area contributed by atoms with Gasteiger partial charge < -0.3 is 10.1 Å². The van der Waals surface area contributed by atoms with Crippen molar-refractivity contribution in [3.8, 4) is 0 Å². The van der Waals surface area contributed by atoms with Crippen LogP contribution >= 0.6 is 22.7 Å². The Morgan fingerprint density at radius 1 is 1.21 bits per heavy atom. The molecule has 0 fully saturated rings. The summed E-state index contributed by atoms with van der Waals surface area (Å²) >= 11 is 3.38. The smallest absolute Gasteiger partial charge is 0.336 e. The molecule has 29 heavy (non-hydrogen) atoms. The standard InChI is InChI=1S/C23H25NO3S2/c1-4-15-8-9-19(29-15)22-20(23(26)27-5-2)13(3)24-16-11-14(12-17(25)21(16)22)18-7-6-10-28-18/h6-10,14,22,24H,4-5,11-12H2,1-3H3/t14-,22-/m0/s1. The second-order valence-corrected chi connectivity index (χ2v) is 9.59. The topological polar surface area (TPSA) is 55.4 Å². The summed E-state index contributed by atoms with van der Waals surface area (Å²) in [5.41, 5.74) is 3.06. The highest BCUT2D eigenvalue weighted by atomic mass is 32.1. The van der Waals surface area contributed by atoms with Crippen molar-refractivity contribution in [3.05, 3.63) is 66.8 Å². The first kappa shape index (κ1) is 20.1. The number of dihydropyridines is 1. The van der Waals surface area contributed by atoms with Gasteiger partial charge in [0.1, 0.15) is 0 Å². The molecule has 1 aliphatic carbocycles. The molecule has 4 rings (SSSR count). The minimum Gasteiger partial charge on any atom is -0.463 e. The zero-order valence-corrected chi connectivity index (χ0v) is 18.5. The molecule has 0 aromatic carbocycles. The number of carbonyl (C=O) groups excluding carboxylic acids is 2. The summed E-state index contributed by atoms with van der Waals surface area (Å²) in [6, 6.07) is 8.30. The summed E-state index contributed by atoms with van der Waals surface area (Å²) in [6.45, 7) is 6.15. The van der Waals surface area contributed by atoms with E-state index < -0.39 is 0 Å². The van der Waals surface area contributed by atoms with E-state index in [0.717, 1.165) is 34.7 Å². The third kappa shape index (κ3) is 3.71. The first-order valence-electron chi connectivity index (χ1n) is 10.1. The number of thiophene rings is 2. The molecule has 2 aliphatic rings. The molecule has 0 saturated carbocycles. The Bertz CT molecular complexity index is 997. The van der Waals surface area contributed by atoms with E-state index in [4.69, 9.17) is 4.74 Å². The van der Waals surface area contributed by atoms with E-state index >= 15 is 0 Å². The lowest BCUT2D eigenvalue weighted by Gasteiger charge is -2.35. The summed E-state index contributed by atoms with van der Waals surface area (Å²) in [7, 11) is 0. The molecule has 0 unspecified atom stereocenters. The summed E-state index contributed by atoms with van der Waals surface area (Å²) in [5, 5.41) is 5.46. The van der Waals surface area contributed by atoms with Gasteiger partial charge in [-0.1, -0.05) is 13.0 Å². The van der Waals surface area contributed by atoms with Crippen molar-refractivity contribution in [1.82, 2.24) is 5.32 Å². The number of Topliss-reactive ketones (excluding diaryl/α,β-unsaturated/α-hetero) is 1. The molecule has 0 saturated heterocycles. The molecule has 2 atom stereocenters. The van der Waals surface area contributed by atoms with Crippen molar-refractivity contribution < 1.29 is 14.3 Å². The van der Waals surface area contributed by atoms with Crippen LogP contribution in [0.5, 0.6) is 0 Å². The highest BCUT2D eigenvalue weighted by molar-refractivity contribution is 7.12. The van der Waals surface area contributed by atoms with Crippen molar-refractivity contribution in [2.24, 2.45) is 0 Å². The number of hydrogen-bond acceptors (Lipinski definition) is 6. The zero-order chi connectivity index (χ0) is 20.5. The number of rotatable bonds is 5. The molecule has 1 N–H and O–H groups in total. The lowest BCUT2D eigenvalue weighted by atomic mass is 9.74. The van der Waals surface area contributed by atoms with Crippen molar-refractivity contribution >= 4 is 34.4 Å². The van der Waals surface area contributed by atoms with E-state index in [9.17, 15) is 9.59 Å². The van der Waals surface area contributed by atoms with Crippen LogP contribution in [0.3, 0.4) is 0 Å². The number of aryl methyl sites for hydroxylation is 1.